The molecule has 1 aliphatic carbocycles. The van der Waals surface area contributed by atoms with Gasteiger partial charge < -0.3 is 15.0 Å². The molecule has 2 saturated heterocycles. The molecule has 2 heterocycles. The highest BCUT2D eigenvalue weighted by molar-refractivity contribution is 5.90. The van der Waals surface area contributed by atoms with Gasteiger partial charge in [0.1, 0.15) is 11.6 Å². The Labute approximate surface area is 169 Å². The number of hydroxylamine groups is 2. The first-order valence-corrected chi connectivity index (χ1v) is 9.95. The summed E-state index contributed by atoms with van der Waals surface area (Å²) in [6.07, 6.45) is 2.33. The number of alkyl carbamates (subject to hydrolysis) is 1. The Morgan fingerprint density at radius 1 is 1.07 bits per heavy atom. The Hall–Kier alpha value is -2.56. The van der Waals surface area contributed by atoms with E-state index in [2.05, 4.69) is 16.2 Å². The zero-order valence-electron chi connectivity index (χ0n) is 16.9. The summed E-state index contributed by atoms with van der Waals surface area (Å²) in [5.41, 5.74) is 4.16. The number of rotatable bonds is 3. The molecule has 3 rings (SSSR count). The molecule has 2 aliphatic heterocycles. The highest BCUT2D eigenvalue weighted by Crippen LogP contribution is 2.29. The van der Waals surface area contributed by atoms with Crippen molar-refractivity contribution >= 4 is 23.9 Å². The van der Waals surface area contributed by atoms with Gasteiger partial charge in [0.25, 0.3) is 5.91 Å². The van der Waals surface area contributed by atoms with E-state index >= 15 is 0 Å². The lowest BCUT2D eigenvalue weighted by Crippen LogP contribution is -2.56. The van der Waals surface area contributed by atoms with Crippen molar-refractivity contribution in [2.24, 2.45) is 5.92 Å². The van der Waals surface area contributed by atoms with Crippen molar-refractivity contribution < 1.29 is 29.1 Å². The minimum absolute atomic E-state index is 0.284. The van der Waals surface area contributed by atoms with Gasteiger partial charge in [0.05, 0.1) is 12.0 Å². The van der Waals surface area contributed by atoms with Crippen LogP contribution in [-0.4, -0.2) is 69.4 Å². The summed E-state index contributed by atoms with van der Waals surface area (Å²) in [6.45, 7) is 5.56. The second-order valence-corrected chi connectivity index (χ2v) is 8.80. The van der Waals surface area contributed by atoms with Crippen molar-refractivity contribution in [1.82, 2.24) is 26.1 Å². The molecule has 5 amide bonds. The molecule has 4 N–H and O–H groups in total. The molecule has 1 saturated carbocycles. The first-order chi connectivity index (χ1) is 13.6. The quantitative estimate of drug-likeness (QED) is 0.393. The normalized spacial score (nSPS) is 28.9. The fraction of sp³-hybridized carbons (Fsp3) is 0.778. The Bertz CT molecular complexity index is 693. The van der Waals surface area contributed by atoms with Crippen molar-refractivity contribution in [1.29, 1.82) is 0 Å². The predicted molar refractivity (Wildman–Crippen MR) is 99.3 cm³/mol. The summed E-state index contributed by atoms with van der Waals surface area (Å²) < 4.78 is 5.24. The first-order valence-electron chi connectivity index (χ1n) is 9.95. The molecule has 29 heavy (non-hydrogen) atoms. The van der Waals surface area contributed by atoms with Gasteiger partial charge in [-0.25, -0.2) is 14.7 Å². The smallest absolute Gasteiger partial charge is 0.407 e. The molecule has 11 nitrogen and oxygen atoms in total. The number of hydrogen-bond donors (Lipinski definition) is 4. The molecule has 0 spiro atoms. The van der Waals surface area contributed by atoms with Gasteiger partial charge in [0, 0.05) is 12.6 Å². The van der Waals surface area contributed by atoms with E-state index in [9.17, 15) is 24.4 Å². The maximum Gasteiger partial charge on any atom is 0.407 e. The molecule has 2 bridgehead atoms. The summed E-state index contributed by atoms with van der Waals surface area (Å²) >= 11 is 0. The molecule has 4 atom stereocenters. The van der Waals surface area contributed by atoms with Gasteiger partial charge in [-0.05, 0) is 46.5 Å². The molecule has 162 valence electrons. The number of hydrazine groups is 1. The Balaban J connectivity index is 1.50. The molecule has 3 aliphatic rings. The lowest BCUT2D eigenvalue weighted by atomic mass is 10.0. The molecule has 0 aromatic carbocycles. The van der Waals surface area contributed by atoms with Crippen molar-refractivity contribution in [3.05, 3.63) is 0 Å². The zero-order chi connectivity index (χ0) is 21.3. The maximum atomic E-state index is 12.5. The summed E-state index contributed by atoms with van der Waals surface area (Å²) in [6, 6.07) is -2.01. The van der Waals surface area contributed by atoms with Gasteiger partial charge in [-0.2, -0.15) is 0 Å². The molecule has 3 fully saturated rings. The number of fused-ring (bicyclic) bond motifs is 2. The molecule has 0 aromatic rings. The van der Waals surface area contributed by atoms with Crippen LogP contribution in [0.2, 0.25) is 0 Å². The third-order valence-electron chi connectivity index (χ3n) is 5.51. The van der Waals surface area contributed by atoms with Crippen LogP contribution < -0.4 is 16.2 Å². The summed E-state index contributed by atoms with van der Waals surface area (Å²) in [4.78, 5) is 50.3. The third kappa shape index (κ3) is 4.72. The van der Waals surface area contributed by atoms with Gasteiger partial charge in [-0.1, -0.05) is 6.42 Å². The molecular weight excluding hydrogens is 382 g/mol. The van der Waals surface area contributed by atoms with Crippen LogP contribution in [0.5, 0.6) is 0 Å². The highest BCUT2D eigenvalue weighted by Gasteiger charge is 2.47. The van der Waals surface area contributed by atoms with E-state index in [1.807, 2.05) is 0 Å². The zero-order valence-corrected chi connectivity index (χ0v) is 16.9. The van der Waals surface area contributed by atoms with Crippen LogP contribution in [0, 0.1) is 5.92 Å². The minimum Gasteiger partial charge on any atom is -0.444 e. The van der Waals surface area contributed by atoms with Crippen molar-refractivity contribution in [2.45, 2.75) is 76.6 Å². The van der Waals surface area contributed by atoms with Gasteiger partial charge in [-0.15, -0.1) is 0 Å². The van der Waals surface area contributed by atoms with Crippen LogP contribution in [0.3, 0.4) is 0 Å². The van der Waals surface area contributed by atoms with Crippen LogP contribution in [0.1, 0.15) is 52.9 Å². The number of carbonyl (C=O) groups is 4. The van der Waals surface area contributed by atoms with E-state index < -0.39 is 41.5 Å². The number of urea groups is 1. The maximum absolute atomic E-state index is 12.5. The molecular formula is C18H29N5O6. The standard InChI is InChI=1S/C18H29N5O6/c1-18(2,3)29-16(26)19-12-6-4-5-11(12)14(24)20-21-15(25)13-8-7-10-9-22(13)17(27)23(10)28/h10-13,28H,4-9H2,1-3H3,(H,19,26)(H,20,24)(H,21,25)/t10-,11-,12-,13+/m1/s1. The van der Waals surface area contributed by atoms with E-state index in [4.69, 9.17) is 4.74 Å². The monoisotopic (exact) mass is 411 g/mol. The topological polar surface area (TPSA) is 140 Å². The number of ether oxygens (including phenoxy) is 1. The molecule has 0 aromatic heterocycles. The number of nitrogens with one attached hydrogen (secondary N) is 3. The summed E-state index contributed by atoms with van der Waals surface area (Å²) in [5, 5.41) is 13.1. The van der Waals surface area contributed by atoms with Crippen molar-refractivity contribution in [2.75, 3.05) is 6.54 Å². The first kappa shape index (κ1) is 21.2. The van der Waals surface area contributed by atoms with Crippen LogP contribution in [0.4, 0.5) is 9.59 Å². The van der Waals surface area contributed by atoms with Crippen molar-refractivity contribution in [3.8, 4) is 0 Å². The fourth-order valence-corrected chi connectivity index (χ4v) is 4.13. The number of nitrogens with zero attached hydrogens (tertiary/aromatic N) is 2. The van der Waals surface area contributed by atoms with E-state index in [0.29, 0.717) is 30.7 Å². The van der Waals surface area contributed by atoms with Crippen LogP contribution >= 0.6 is 0 Å². The summed E-state index contributed by atoms with van der Waals surface area (Å²) in [5.74, 6) is -1.39. The van der Waals surface area contributed by atoms with Gasteiger partial charge >= 0.3 is 12.1 Å². The van der Waals surface area contributed by atoms with Crippen molar-refractivity contribution in [3.63, 3.8) is 0 Å². The second-order valence-electron chi connectivity index (χ2n) is 8.80. The SMILES string of the molecule is CC(C)(C)OC(=O)N[C@@H]1CCC[C@H]1C(=O)NNC(=O)[C@@H]1CC[C@@H]2CN1C(=O)N2O. The van der Waals surface area contributed by atoms with Gasteiger partial charge in [0.2, 0.25) is 5.91 Å². The van der Waals surface area contributed by atoms with E-state index in [1.54, 1.807) is 20.8 Å². The number of carbonyl (C=O) groups excluding carboxylic acids is 4. The minimum atomic E-state index is -0.740. The average molecular weight is 411 g/mol. The highest BCUT2D eigenvalue weighted by atomic mass is 16.6. The van der Waals surface area contributed by atoms with E-state index in [0.717, 1.165) is 6.42 Å². The molecule has 0 unspecified atom stereocenters. The van der Waals surface area contributed by atoms with Gasteiger partial charge in [0.15, 0.2) is 0 Å². The summed E-state index contributed by atoms with van der Waals surface area (Å²) in [7, 11) is 0. The average Bonchev–Trinajstić information content (AvgIpc) is 3.17. The van der Waals surface area contributed by atoms with Gasteiger partial charge in [-0.3, -0.25) is 25.6 Å². The number of amides is 5. The Kier molecular flexibility index (Phi) is 5.87. The van der Waals surface area contributed by atoms with Crippen LogP contribution in [0.25, 0.3) is 0 Å². The van der Waals surface area contributed by atoms with E-state index in [-0.39, 0.29) is 18.6 Å². The third-order valence-corrected chi connectivity index (χ3v) is 5.51. The van der Waals surface area contributed by atoms with E-state index in [1.165, 1.54) is 4.90 Å². The number of hydrogen-bond acceptors (Lipinski definition) is 6. The fourth-order valence-electron chi connectivity index (χ4n) is 4.13. The Morgan fingerprint density at radius 3 is 2.45 bits per heavy atom. The lowest BCUT2D eigenvalue weighted by Gasteiger charge is -2.29. The lowest BCUT2D eigenvalue weighted by molar-refractivity contribution is -0.133. The Morgan fingerprint density at radius 2 is 1.76 bits per heavy atom. The largest absolute Gasteiger partial charge is 0.444 e. The number of piperidine rings is 1. The van der Waals surface area contributed by atoms with Crippen LogP contribution in [0.15, 0.2) is 0 Å². The predicted octanol–water partition coefficient (Wildman–Crippen LogP) is 0.485. The second kappa shape index (κ2) is 8.05. The molecule has 0 radical (unpaired) electrons. The van der Waals surface area contributed by atoms with Crippen LogP contribution in [-0.2, 0) is 14.3 Å². The molecule has 11 heteroatoms.